The first-order valence-corrected chi connectivity index (χ1v) is 7.80. The van der Waals surface area contributed by atoms with Crippen LogP contribution in [0, 0.1) is 5.82 Å². The predicted octanol–water partition coefficient (Wildman–Crippen LogP) is 4.39. The molecule has 1 unspecified atom stereocenters. The zero-order valence-corrected chi connectivity index (χ0v) is 12.9. The van der Waals surface area contributed by atoms with Crippen LogP contribution in [0.15, 0.2) is 48.5 Å². The van der Waals surface area contributed by atoms with Gasteiger partial charge in [0.05, 0.1) is 12.5 Å². The van der Waals surface area contributed by atoms with Crippen LogP contribution >= 0.6 is 11.6 Å². The molecule has 1 aliphatic heterocycles. The second-order valence-corrected chi connectivity index (χ2v) is 6.04. The quantitative estimate of drug-likeness (QED) is 0.822. The van der Waals surface area contributed by atoms with Crippen molar-refractivity contribution in [2.75, 3.05) is 6.54 Å². The van der Waals surface area contributed by atoms with Gasteiger partial charge in [-0.2, -0.15) is 0 Å². The van der Waals surface area contributed by atoms with Crippen molar-refractivity contribution in [3.63, 3.8) is 0 Å². The molecule has 1 saturated heterocycles. The van der Waals surface area contributed by atoms with Gasteiger partial charge >= 0.3 is 0 Å². The van der Waals surface area contributed by atoms with Gasteiger partial charge in [-0.25, -0.2) is 4.39 Å². The van der Waals surface area contributed by atoms with E-state index in [2.05, 4.69) is 0 Å². The van der Waals surface area contributed by atoms with Crippen LogP contribution in [0.2, 0.25) is 5.02 Å². The van der Waals surface area contributed by atoms with Gasteiger partial charge in [0.15, 0.2) is 0 Å². The van der Waals surface area contributed by atoms with E-state index in [1.165, 1.54) is 12.1 Å². The smallest absolute Gasteiger partial charge is 0.227 e. The molecule has 1 heterocycles. The van der Waals surface area contributed by atoms with Crippen LogP contribution in [0.5, 0.6) is 0 Å². The Morgan fingerprint density at radius 1 is 1.23 bits per heavy atom. The molecule has 0 saturated carbocycles. The standard InChI is InChI=1S/C18H17ClFNO/c19-15-4-1-3-13(11-15)12-18(22)21-10-2-5-17(21)14-6-8-16(20)9-7-14/h1,3-4,6-9,11,17H,2,5,10,12H2. The maximum Gasteiger partial charge on any atom is 0.227 e. The van der Waals surface area contributed by atoms with Gasteiger partial charge in [-0.15, -0.1) is 0 Å². The molecule has 0 N–H and O–H groups in total. The number of halogens is 2. The van der Waals surface area contributed by atoms with E-state index < -0.39 is 0 Å². The van der Waals surface area contributed by atoms with E-state index in [-0.39, 0.29) is 17.8 Å². The van der Waals surface area contributed by atoms with Crippen molar-refractivity contribution in [1.82, 2.24) is 4.90 Å². The van der Waals surface area contributed by atoms with E-state index in [0.717, 1.165) is 30.5 Å². The second kappa shape index (κ2) is 6.49. The third-order valence-electron chi connectivity index (χ3n) is 4.07. The van der Waals surface area contributed by atoms with Crippen molar-refractivity contribution in [3.8, 4) is 0 Å². The summed E-state index contributed by atoms with van der Waals surface area (Å²) in [4.78, 5) is 14.5. The van der Waals surface area contributed by atoms with E-state index in [9.17, 15) is 9.18 Å². The van der Waals surface area contributed by atoms with Gasteiger partial charge in [-0.1, -0.05) is 35.9 Å². The summed E-state index contributed by atoms with van der Waals surface area (Å²) < 4.78 is 13.1. The fourth-order valence-corrected chi connectivity index (χ4v) is 3.23. The summed E-state index contributed by atoms with van der Waals surface area (Å²) in [6.45, 7) is 0.751. The number of carbonyl (C=O) groups is 1. The van der Waals surface area contributed by atoms with E-state index in [1.54, 1.807) is 18.2 Å². The van der Waals surface area contributed by atoms with Crippen molar-refractivity contribution >= 4 is 17.5 Å². The second-order valence-electron chi connectivity index (χ2n) is 5.60. The van der Waals surface area contributed by atoms with Crippen LogP contribution in [-0.2, 0) is 11.2 Å². The average molecular weight is 318 g/mol. The molecule has 4 heteroatoms. The molecule has 1 atom stereocenters. The van der Waals surface area contributed by atoms with Crippen molar-refractivity contribution < 1.29 is 9.18 Å². The van der Waals surface area contributed by atoms with Crippen molar-refractivity contribution in [3.05, 3.63) is 70.5 Å². The molecule has 0 radical (unpaired) electrons. The minimum atomic E-state index is -0.251. The fraction of sp³-hybridized carbons (Fsp3) is 0.278. The molecule has 3 rings (SSSR count). The highest BCUT2D eigenvalue weighted by Gasteiger charge is 2.29. The predicted molar refractivity (Wildman–Crippen MR) is 85.2 cm³/mol. The van der Waals surface area contributed by atoms with Gasteiger partial charge in [0.25, 0.3) is 0 Å². The Balaban J connectivity index is 1.75. The third kappa shape index (κ3) is 3.30. The Morgan fingerprint density at radius 2 is 2.00 bits per heavy atom. The summed E-state index contributed by atoms with van der Waals surface area (Å²) in [5, 5.41) is 0.641. The normalized spacial score (nSPS) is 17.7. The molecule has 1 fully saturated rings. The largest absolute Gasteiger partial charge is 0.335 e. The van der Waals surface area contributed by atoms with Gasteiger partial charge in [-0.3, -0.25) is 4.79 Å². The zero-order valence-electron chi connectivity index (χ0n) is 12.1. The number of carbonyl (C=O) groups excluding carboxylic acids is 1. The summed E-state index contributed by atoms with van der Waals surface area (Å²) in [7, 11) is 0. The lowest BCUT2D eigenvalue weighted by atomic mass is 10.0. The topological polar surface area (TPSA) is 20.3 Å². The summed E-state index contributed by atoms with van der Waals surface area (Å²) in [6, 6.07) is 13.9. The average Bonchev–Trinajstić information content (AvgIpc) is 2.97. The maximum atomic E-state index is 13.1. The minimum Gasteiger partial charge on any atom is -0.335 e. The Labute approximate surface area is 134 Å². The van der Waals surface area contributed by atoms with Crippen LogP contribution in [0.25, 0.3) is 0 Å². The van der Waals surface area contributed by atoms with Crippen molar-refractivity contribution in [1.29, 1.82) is 0 Å². The summed E-state index contributed by atoms with van der Waals surface area (Å²) in [6.07, 6.45) is 2.24. The Kier molecular flexibility index (Phi) is 4.44. The molecule has 0 spiro atoms. The van der Waals surface area contributed by atoms with Gasteiger partial charge < -0.3 is 4.90 Å². The first kappa shape index (κ1) is 15.0. The highest BCUT2D eigenvalue weighted by atomic mass is 35.5. The SMILES string of the molecule is O=C(Cc1cccc(Cl)c1)N1CCCC1c1ccc(F)cc1. The van der Waals surface area contributed by atoms with Crippen LogP contribution in [0.3, 0.4) is 0 Å². The minimum absolute atomic E-state index is 0.0484. The monoisotopic (exact) mass is 317 g/mol. The lowest BCUT2D eigenvalue weighted by Gasteiger charge is -2.25. The lowest BCUT2D eigenvalue weighted by molar-refractivity contribution is -0.131. The van der Waals surface area contributed by atoms with Crippen LogP contribution in [-0.4, -0.2) is 17.4 Å². The highest BCUT2D eigenvalue weighted by Crippen LogP contribution is 2.32. The van der Waals surface area contributed by atoms with Crippen LogP contribution in [0.1, 0.15) is 30.0 Å². The molecular weight excluding hydrogens is 301 g/mol. The maximum absolute atomic E-state index is 13.1. The number of likely N-dealkylation sites (tertiary alicyclic amines) is 1. The number of rotatable bonds is 3. The van der Waals surface area contributed by atoms with E-state index >= 15 is 0 Å². The fourth-order valence-electron chi connectivity index (χ4n) is 3.02. The number of nitrogens with zero attached hydrogens (tertiary/aromatic N) is 1. The highest BCUT2D eigenvalue weighted by molar-refractivity contribution is 6.30. The molecular formula is C18H17ClFNO. The summed E-state index contributed by atoms with van der Waals surface area (Å²) in [5.41, 5.74) is 1.92. The Morgan fingerprint density at radius 3 is 2.73 bits per heavy atom. The van der Waals surface area contributed by atoms with Crippen molar-refractivity contribution in [2.24, 2.45) is 0 Å². The summed E-state index contributed by atoms with van der Waals surface area (Å²) >= 11 is 5.97. The lowest BCUT2D eigenvalue weighted by Crippen LogP contribution is -2.31. The van der Waals surface area contributed by atoms with Gasteiger partial charge in [0.1, 0.15) is 5.82 Å². The number of benzene rings is 2. The van der Waals surface area contributed by atoms with Crippen LogP contribution in [0.4, 0.5) is 4.39 Å². The molecule has 1 amide bonds. The Bertz CT molecular complexity index is 671. The van der Waals surface area contributed by atoms with Gasteiger partial charge in [0.2, 0.25) is 5.91 Å². The van der Waals surface area contributed by atoms with Crippen LogP contribution < -0.4 is 0 Å². The first-order valence-electron chi connectivity index (χ1n) is 7.43. The molecule has 114 valence electrons. The number of hydrogen-bond donors (Lipinski definition) is 0. The van der Waals surface area contributed by atoms with Gasteiger partial charge in [-0.05, 0) is 48.2 Å². The molecule has 1 aliphatic rings. The zero-order chi connectivity index (χ0) is 15.5. The van der Waals surface area contributed by atoms with E-state index in [0.29, 0.717) is 11.4 Å². The molecule has 0 bridgehead atoms. The number of hydrogen-bond acceptors (Lipinski definition) is 1. The molecule has 0 aliphatic carbocycles. The summed E-state index contributed by atoms with van der Waals surface area (Å²) in [5.74, 6) is -0.160. The third-order valence-corrected chi connectivity index (χ3v) is 4.31. The first-order chi connectivity index (χ1) is 10.6. The number of amides is 1. The molecule has 2 aromatic rings. The van der Waals surface area contributed by atoms with Gasteiger partial charge in [0, 0.05) is 11.6 Å². The molecule has 22 heavy (non-hydrogen) atoms. The van der Waals surface area contributed by atoms with Crippen molar-refractivity contribution in [2.45, 2.75) is 25.3 Å². The molecule has 2 nitrogen and oxygen atoms in total. The van der Waals surface area contributed by atoms with E-state index in [1.807, 2.05) is 23.1 Å². The molecule has 0 aromatic heterocycles. The molecule has 2 aromatic carbocycles. The van der Waals surface area contributed by atoms with E-state index in [4.69, 9.17) is 11.6 Å². The Hall–Kier alpha value is -1.87.